The molecule has 4 aliphatic carbocycles. The normalized spacial score (nSPS) is 45.3. The number of nitrogens with zero attached hydrogens (tertiary/aromatic N) is 1. The van der Waals surface area contributed by atoms with Crippen LogP contribution in [-0.4, -0.2) is 33.9 Å². The van der Waals surface area contributed by atoms with Crippen molar-refractivity contribution in [3.63, 3.8) is 0 Å². The van der Waals surface area contributed by atoms with Crippen LogP contribution in [0.4, 0.5) is 0 Å². The average molecular weight is 371 g/mol. The molecule has 1 aromatic heterocycles. The van der Waals surface area contributed by atoms with E-state index in [0.29, 0.717) is 18.3 Å². The van der Waals surface area contributed by atoms with Crippen LogP contribution in [0.15, 0.2) is 16.3 Å². The van der Waals surface area contributed by atoms with E-state index in [4.69, 9.17) is 4.52 Å². The largest absolute Gasteiger partial charge is 0.393 e. The minimum Gasteiger partial charge on any atom is -0.393 e. The van der Waals surface area contributed by atoms with Crippen molar-refractivity contribution >= 4 is 11.9 Å². The van der Waals surface area contributed by atoms with Crippen molar-refractivity contribution in [1.82, 2.24) is 5.16 Å². The van der Waals surface area contributed by atoms with Gasteiger partial charge >= 0.3 is 0 Å². The summed E-state index contributed by atoms with van der Waals surface area (Å²) in [4.78, 5) is 12.4. The number of hydrogen-bond donors (Lipinski definition) is 2. The number of fused-ring (bicyclic) bond motifs is 6. The zero-order valence-electron chi connectivity index (χ0n) is 16.1. The topological polar surface area (TPSA) is 83.6 Å². The number of Topliss-reactive ketones (excluding diaryl/α,β-unsaturated/α-hetero) is 1. The molecule has 5 rings (SSSR count). The van der Waals surface area contributed by atoms with E-state index >= 15 is 0 Å². The number of allylic oxidation sites excluding steroid dienone is 1. The zero-order valence-corrected chi connectivity index (χ0v) is 16.1. The Morgan fingerprint density at radius 1 is 1.33 bits per heavy atom. The fourth-order valence-electron chi connectivity index (χ4n) is 7.66. The predicted molar refractivity (Wildman–Crippen MR) is 99.5 cm³/mol. The van der Waals surface area contributed by atoms with E-state index in [1.807, 2.05) is 6.20 Å². The molecule has 0 bridgehead atoms. The van der Waals surface area contributed by atoms with Crippen molar-refractivity contribution in [3.8, 4) is 0 Å². The molecule has 0 radical (unpaired) electrons. The summed E-state index contributed by atoms with van der Waals surface area (Å²) in [6.07, 6.45) is 9.08. The van der Waals surface area contributed by atoms with Crippen molar-refractivity contribution in [2.75, 3.05) is 6.61 Å². The molecule has 0 saturated heterocycles. The second kappa shape index (κ2) is 5.77. The first-order chi connectivity index (χ1) is 12.9. The maximum absolute atomic E-state index is 12.4. The first-order valence-electron chi connectivity index (χ1n) is 10.3. The molecule has 0 aliphatic heterocycles. The molecule has 1 aromatic rings. The maximum atomic E-state index is 12.4. The fraction of sp³-hybridized carbons (Fsp3) is 0.727. The number of aromatic nitrogens is 1. The molecule has 4 aliphatic rings. The molecule has 0 aromatic carbocycles. The van der Waals surface area contributed by atoms with Gasteiger partial charge in [-0.05, 0) is 73.2 Å². The number of rotatable bonds is 2. The number of carbonyl (C=O) groups excluding carboxylic acids is 1. The lowest BCUT2D eigenvalue weighted by atomic mass is 9.46. The average Bonchev–Trinajstić information content (AvgIpc) is 3.21. The molecular weight excluding hydrogens is 342 g/mol. The Balaban J connectivity index is 1.53. The number of carbonyl (C=O) groups is 1. The van der Waals surface area contributed by atoms with Crippen LogP contribution in [0.25, 0.3) is 6.08 Å². The third-order valence-corrected chi connectivity index (χ3v) is 8.75. The van der Waals surface area contributed by atoms with E-state index in [-0.39, 0.29) is 35.1 Å². The van der Waals surface area contributed by atoms with E-state index in [1.165, 1.54) is 5.57 Å². The van der Waals surface area contributed by atoms with Crippen LogP contribution < -0.4 is 0 Å². The Kier molecular flexibility index (Phi) is 3.77. The van der Waals surface area contributed by atoms with Gasteiger partial charge in [-0.15, -0.1) is 0 Å². The molecule has 3 saturated carbocycles. The Labute approximate surface area is 159 Å². The van der Waals surface area contributed by atoms with Gasteiger partial charge in [0.15, 0.2) is 11.5 Å². The Morgan fingerprint density at radius 3 is 2.93 bits per heavy atom. The molecule has 7 unspecified atom stereocenters. The Hall–Kier alpha value is -1.46. The molecule has 0 amide bonds. The van der Waals surface area contributed by atoms with Gasteiger partial charge in [0.05, 0.1) is 12.3 Å². The zero-order chi connectivity index (χ0) is 19.0. The van der Waals surface area contributed by atoms with Crippen molar-refractivity contribution in [3.05, 3.63) is 23.1 Å². The second-order valence-electron chi connectivity index (χ2n) is 9.85. The number of aliphatic hydroxyl groups is 2. The molecule has 27 heavy (non-hydrogen) atoms. The lowest BCUT2D eigenvalue weighted by Gasteiger charge is -2.59. The predicted octanol–water partition coefficient (Wildman–Crippen LogP) is 3.01. The molecule has 7 atom stereocenters. The van der Waals surface area contributed by atoms with Crippen molar-refractivity contribution < 1.29 is 19.5 Å². The van der Waals surface area contributed by atoms with Gasteiger partial charge in [-0.2, -0.15) is 0 Å². The summed E-state index contributed by atoms with van der Waals surface area (Å²) >= 11 is 0. The SMILES string of the molecule is CC12Cc3cnoc3C=C1CCC1C2C(O)CC2(C)C(C(=O)CO)CCC12. The van der Waals surface area contributed by atoms with Crippen LogP contribution >= 0.6 is 0 Å². The quantitative estimate of drug-likeness (QED) is 0.835. The standard InChI is InChI=1S/C22H29NO4/c1-21-8-12-10-23-27-19(12)7-13(21)3-4-14-15-5-6-16(18(26)11-24)22(15,2)9-17(25)20(14)21/h7,10,14-17,20,24-25H,3-6,8-9,11H2,1-2H3. The van der Waals surface area contributed by atoms with E-state index in [2.05, 4.69) is 25.1 Å². The molecule has 146 valence electrons. The third-order valence-electron chi connectivity index (χ3n) is 8.75. The summed E-state index contributed by atoms with van der Waals surface area (Å²) in [5, 5.41) is 24.8. The number of ketones is 1. The highest BCUT2D eigenvalue weighted by Gasteiger charge is 2.62. The lowest BCUT2D eigenvalue weighted by Crippen LogP contribution is -2.57. The summed E-state index contributed by atoms with van der Waals surface area (Å²) in [6, 6.07) is 0. The number of hydrogen-bond acceptors (Lipinski definition) is 5. The minimum atomic E-state index is -0.418. The van der Waals surface area contributed by atoms with Gasteiger partial charge in [0, 0.05) is 11.5 Å². The van der Waals surface area contributed by atoms with Gasteiger partial charge in [0.25, 0.3) is 0 Å². The summed E-state index contributed by atoms with van der Waals surface area (Å²) in [6.45, 7) is 4.12. The van der Waals surface area contributed by atoms with Crippen LogP contribution in [-0.2, 0) is 11.2 Å². The van der Waals surface area contributed by atoms with Crippen molar-refractivity contribution in [1.29, 1.82) is 0 Å². The highest BCUT2D eigenvalue weighted by atomic mass is 16.5. The molecule has 2 N–H and O–H groups in total. The van der Waals surface area contributed by atoms with Gasteiger partial charge < -0.3 is 14.7 Å². The first kappa shape index (κ1) is 17.6. The van der Waals surface area contributed by atoms with Crippen LogP contribution in [0, 0.1) is 34.5 Å². The highest BCUT2D eigenvalue weighted by molar-refractivity contribution is 5.83. The van der Waals surface area contributed by atoms with E-state index in [1.54, 1.807) is 0 Å². The minimum absolute atomic E-state index is 0.0416. The Morgan fingerprint density at radius 2 is 2.15 bits per heavy atom. The molecule has 5 heteroatoms. The van der Waals surface area contributed by atoms with Crippen LogP contribution in [0.3, 0.4) is 0 Å². The molecular formula is C22H29NO4. The summed E-state index contributed by atoms with van der Waals surface area (Å²) < 4.78 is 5.40. The van der Waals surface area contributed by atoms with E-state index in [0.717, 1.165) is 43.4 Å². The smallest absolute Gasteiger partial charge is 0.162 e. The van der Waals surface area contributed by atoms with Crippen LogP contribution in [0.2, 0.25) is 0 Å². The van der Waals surface area contributed by atoms with Gasteiger partial charge in [-0.3, -0.25) is 4.79 Å². The van der Waals surface area contributed by atoms with E-state index in [9.17, 15) is 15.0 Å². The van der Waals surface area contributed by atoms with Crippen LogP contribution in [0.1, 0.15) is 57.3 Å². The lowest BCUT2D eigenvalue weighted by molar-refractivity contribution is -0.144. The summed E-state index contributed by atoms with van der Waals surface area (Å²) in [5.74, 6) is 1.82. The van der Waals surface area contributed by atoms with Crippen molar-refractivity contribution in [2.45, 2.75) is 58.5 Å². The van der Waals surface area contributed by atoms with Gasteiger partial charge in [-0.1, -0.05) is 24.6 Å². The monoisotopic (exact) mass is 371 g/mol. The Bertz CT molecular complexity index is 813. The second-order valence-corrected chi connectivity index (χ2v) is 9.85. The first-order valence-corrected chi connectivity index (χ1v) is 10.3. The fourth-order valence-corrected chi connectivity index (χ4v) is 7.66. The molecule has 0 spiro atoms. The molecule has 3 fully saturated rings. The highest BCUT2D eigenvalue weighted by Crippen LogP contribution is 2.66. The molecule has 1 heterocycles. The molecule has 5 nitrogen and oxygen atoms in total. The summed E-state index contributed by atoms with van der Waals surface area (Å²) in [7, 11) is 0. The van der Waals surface area contributed by atoms with Gasteiger partial charge in [-0.25, -0.2) is 0 Å². The van der Waals surface area contributed by atoms with Crippen molar-refractivity contribution in [2.24, 2.45) is 34.5 Å². The van der Waals surface area contributed by atoms with Crippen LogP contribution in [0.5, 0.6) is 0 Å². The van der Waals surface area contributed by atoms with E-state index < -0.39 is 6.10 Å². The number of aliphatic hydroxyl groups excluding tert-OH is 2. The third kappa shape index (κ3) is 2.24. The van der Waals surface area contributed by atoms with Gasteiger partial charge in [0.2, 0.25) is 0 Å². The summed E-state index contributed by atoms with van der Waals surface area (Å²) in [5.41, 5.74) is 2.27. The van der Waals surface area contributed by atoms with Gasteiger partial charge in [0.1, 0.15) is 6.61 Å². The maximum Gasteiger partial charge on any atom is 0.162 e.